The molecule has 0 aromatic carbocycles. The second-order valence-electron chi connectivity index (χ2n) is 5.71. The smallest absolute Gasteiger partial charge is 0.320 e. The molecule has 0 saturated carbocycles. The van der Waals surface area contributed by atoms with Crippen molar-refractivity contribution >= 4 is 40.0 Å². The number of anilines is 2. The van der Waals surface area contributed by atoms with Crippen LogP contribution in [0.1, 0.15) is 45.4 Å². The Morgan fingerprint density at radius 3 is 2.60 bits per heavy atom. The number of nitrogen functional groups attached to an aromatic ring is 1. The topological polar surface area (TPSA) is 85.9 Å². The third-order valence-corrected chi connectivity index (χ3v) is 4.22. The number of nitrogens with zero attached hydrogens (tertiary/aromatic N) is 4. The van der Waals surface area contributed by atoms with Gasteiger partial charge in [-0.3, -0.25) is 4.99 Å². The highest BCUT2D eigenvalue weighted by atomic mass is 79.9. The van der Waals surface area contributed by atoms with E-state index < -0.39 is 0 Å². The number of aliphatic imine (C=N–C) groups is 1. The summed E-state index contributed by atoms with van der Waals surface area (Å²) in [4.78, 5) is 14.7. The fraction of sp³-hybridized carbons (Fsp3) is 0.706. The molecular formula is C17H30BrN5O2. The molecular weight excluding hydrogens is 386 g/mol. The number of halogens is 1. The minimum absolute atomic E-state index is 0.270. The Kier molecular flexibility index (Phi) is 11.1. The number of alkyl halides is 1. The van der Waals surface area contributed by atoms with Crippen LogP contribution in [0.3, 0.4) is 0 Å². The number of ether oxygens (including phenoxy) is 2. The van der Waals surface area contributed by atoms with Crippen molar-refractivity contribution in [3.8, 4) is 6.01 Å². The first kappa shape index (κ1) is 21.6. The van der Waals surface area contributed by atoms with Gasteiger partial charge in [0.05, 0.1) is 6.61 Å². The van der Waals surface area contributed by atoms with Gasteiger partial charge >= 0.3 is 6.01 Å². The molecule has 8 heteroatoms. The van der Waals surface area contributed by atoms with E-state index in [2.05, 4.69) is 44.5 Å². The van der Waals surface area contributed by atoms with Gasteiger partial charge in [0.1, 0.15) is 12.4 Å². The summed E-state index contributed by atoms with van der Waals surface area (Å²) in [5, 5.41) is 1.04. The van der Waals surface area contributed by atoms with Gasteiger partial charge in [-0.2, -0.15) is 9.97 Å². The van der Waals surface area contributed by atoms with E-state index in [4.69, 9.17) is 15.2 Å². The predicted molar refractivity (Wildman–Crippen MR) is 108 cm³/mol. The van der Waals surface area contributed by atoms with Crippen molar-refractivity contribution < 1.29 is 9.47 Å². The zero-order valence-corrected chi connectivity index (χ0v) is 16.9. The van der Waals surface area contributed by atoms with E-state index in [1.54, 1.807) is 7.11 Å². The molecule has 2 N–H and O–H groups in total. The molecule has 0 atom stereocenters. The van der Waals surface area contributed by atoms with Crippen LogP contribution in [0.4, 0.5) is 17.3 Å². The molecule has 0 aliphatic carbocycles. The van der Waals surface area contributed by atoms with E-state index in [0.717, 1.165) is 37.6 Å². The van der Waals surface area contributed by atoms with E-state index in [-0.39, 0.29) is 11.8 Å². The molecule has 0 unspecified atom stereocenters. The molecule has 142 valence electrons. The van der Waals surface area contributed by atoms with E-state index in [1.165, 1.54) is 12.8 Å². The van der Waals surface area contributed by atoms with Crippen LogP contribution in [0.15, 0.2) is 4.99 Å². The molecule has 0 saturated heterocycles. The number of hydrogen-bond donors (Lipinski definition) is 1. The second-order valence-corrected chi connectivity index (χ2v) is 6.50. The predicted octanol–water partition coefficient (Wildman–Crippen LogP) is 3.94. The average Bonchev–Trinajstić information content (AvgIpc) is 2.60. The Labute approximate surface area is 159 Å². The summed E-state index contributed by atoms with van der Waals surface area (Å²) < 4.78 is 10.9. The van der Waals surface area contributed by atoms with Crippen molar-refractivity contribution in [1.82, 2.24) is 9.97 Å². The fourth-order valence-corrected chi connectivity index (χ4v) is 2.72. The van der Waals surface area contributed by atoms with Gasteiger partial charge in [0.15, 0.2) is 11.6 Å². The third kappa shape index (κ3) is 7.56. The number of methoxy groups -OCH3 is 1. The molecule has 1 heterocycles. The quantitative estimate of drug-likeness (QED) is 0.214. The van der Waals surface area contributed by atoms with Crippen LogP contribution in [0, 0.1) is 0 Å². The summed E-state index contributed by atoms with van der Waals surface area (Å²) in [5.41, 5.74) is 6.50. The van der Waals surface area contributed by atoms with Crippen LogP contribution < -0.4 is 15.4 Å². The van der Waals surface area contributed by atoms with Gasteiger partial charge in [0.25, 0.3) is 0 Å². The van der Waals surface area contributed by atoms with Crippen LogP contribution in [-0.4, -0.2) is 49.0 Å². The Bertz CT molecular complexity index is 516. The Morgan fingerprint density at radius 1 is 1.20 bits per heavy atom. The molecule has 0 spiro atoms. The lowest BCUT2D eigenvalue weighted by Crippen LogP contribution is -2.28. The Balaban J connectivity index is 2.90. The highest BCUT2D eigenvalue weighted by molar-refractivity contribution is 9.09. The van der Waals surface area contributed by atoms with Crippen molar-refractivity contribution in [2.24, 2.45) is 4.99 Å². The van der Waals surface area contributed by atoms with Gasteiger partial charge in [0.2, 0.25) is 0 Å². The fourth-order valence-electron chi connectivity index (χ4n) is 2.32. The molecule has 0 fully saturated rings. The lowest BCUT2D eigenvalue weighted by atomic mass is 10.2. The lowest BCUT2D eigenvalue weighted by molar-refractivity contribution is 0.196. The summed E-state index contributed by atoms with van der Waals surface area (Å²) in [5.74, 6) is 0.878. The second kappa shape index (κ2) is 12.9. The molecule has 0 bridgehead atoms. The highest BCUT2D eigenvalue weighted by Gasteiger charge is 2.18. The van der Waals surface area contributed by atoms with E-state index in [0.29, 0.717) is 24.8 Å². The van der Waals surface area contributed by atoms with Crippen LogP contribution in [0.25, 0.3) is 0 Å². The number of unbranched alkanes of at least 4 members (excludes halogenated alkanes) is 4. The summed E-state index contributed by atoms with van der Waals surface area (Å²) in [7, 11) is 1.65. The molecule has 0 radical (unpaired) electrons. The normalized spacial score (nSPS) is 10.7. The first-order chi connectivity index (χ1) is 12.2. The monoisotopic (exact) mass is 415 g/mol. The van der Waals surface area contributed by atoms with Crippen LogP contribution in [0.2, 0.25) is 0 Å². The third-order valence-electron chi connectivity index (χ3n) is 3.66. The summed E-state index contributed by atoms with van der Waals surface area (Å²) >= 11 is 3.46. The Hall–Kier alpha value is -1.41. The molecule has 0 aliphatic rings. The number of hydrogen-bond acceptors (Lipinski definition) is 7. The van der Waals surface area contributed by atoms with Crippen LogP contribution >= 0.6 is 15.9 Å². The number of nitrogens with two attached hydrogens (primary N) is 1. The molecule has 0 aliphatic heterocycles. The highest BCUT2D eigenvalue weighted by Crippen LogP contribution is 2.33. The van der Waals surface area contributed by atoms with Crippen LogP contribution in [0.5, 0.6) is 6.01 Å². The number of rotatable bonds is 14. The van der Waals surface area contributed by atoms with Crippen molar-refractivity contribution in [3.63, 3.8) is 0 Å². The standard InChI is InChI=1S/C17H30BrN5O2/c1-4-5-12-25-17-21-15(19)14(20-2)16(22-17)23(13-24-3)11-9-7-6-8-10-18/h2,4-13H2,1,3H3,(H2,19,21,22). The minimum Gasteiger partial charge on any atom is -0.463 e. The van der Waals surface area contributed by atoms with Gasteiger partial charge in [-0.25, -0.2) is 0 Å². The maximum absolute atomic E-state index is 6.03. The van der Waals surface area contributed by atoms with E-state index >= 15 is 0 Å². The van der Waals surface area contributed by atoms with Crippen molar-refractivity contribution in [1.29, 1.82) is 0 Å². The van der Waals surface area contributed by atoms with Gasteiger partial charge in [0, 0.05) is 19.0 Å². The van der Waals surface area contributed by atoms with Gasteiger partial charge in [-0.05, 0) is 26.0 Å². The first-order valence-corrected chi connectivity index (χ1v) is 9.86. The SMILES string of the molecule is C=Nc1c(N)nc(OCCCC)nc1N(CCCCCCBr)COC. The average molecular weight is 416 g/mol. The van der Waals surface area contributed by atoms with Crippen molar-refractivity contribution in [2.75, 3.05) is 43.0 Å². The van der Waals surface area contributed by atoms with Gasteiger partial charge in [-0.1, -0.05) is 42.1 Å². The van der Waals surface area contributed by atoms with E-state index in [1.807, 2.05) is 4.90 Å². The maximum atomic E-state index is 6.03. The molecule has 1 rings (SSSR count). The molecule has 0 amide bonds. The zero-order chi connectivity index (χ0) is 18.5. The lowest BCUT2D eigenvalue weighted by Gasteiger charge is -2.24. The molecule has 1 aromatic heterocycles. The van der Waals surface area contributed by atoms with E-state index in [9.17, 15) is 0 Å². The number of aromatic nitrogens is 2. The van der Waals surface area contributed by atoms with Gasteiger partial charge in [-0.15, -0.1) is 0 Å². The van der Waals surface area contributed by atoms with Crippen LogP contribution in [-0.2, 0) is 4.74 Å². The summed E-state index contributed by atoms with van der Waals surface area (Å²) in [6.45, 7) is 7.45. The molecule has 25 heavy (non-hydrogen) atoms. The largest absolute Gasteiger partial charge is 0.463 e. The zero-order valence-electron chi connectivity index (χ0n) is 15.3. The maximum Gasteiger partial charge on any atom is 0.320 e. The Morgan fingerprint density at radius 2 is 1.96 bits per heavy atom. The molecule has 7 nitrogen and oxygen atoms in total. The first-order valence-electron chi connectivity index (χ1n) is 8.74. The summed E-state index contributed by atoms with van der Waals surface area (Å²) in [6.07, 6.45) is 6.52. The minimum atomic E-state index is 0.270. The summed E-state index contributed by atoms with van der Waals surface area (Å²) in [6, 6.07) is 0.272. The van der Waals surface area contributed by atoms with Crippen molar-refractivity contribution in [3.05, 3.63) is 0 Å². The molecule has 1 aromatic rings. The van der Waals surface area contributed by atoms with Gasteiger partial charge < -0.3 is 20.1 Å². The van der Waals surface area contributed by atoms with Crippen molar-refractivity contribution in [2.45, 2.75) is 45.4 Å².